The van der Waals surface area contributed by atoms with E-state index in [0.29, 0.717) is 11.4 Å². The quantitative estimate of drug-likeness (QED) is 0.548. The average molecular weight is 267 g/mol. The Morgan fingerprint density at radius 2 is 1.95 bits per heavy atom. The number of nitrogens with one attached hydrogen (secondary N) is 2. The van der Waals surface area contributed by atoms with E-state index in [0.717, 1.165) is 16.6 Å². The number of hydrogen-bond acceptors (Lipinski definition) is 3. The zero-order valence-corrected chi connectivity index (χ0v) is 10.6. The minimum atomic E-state index is -0.990. The van der Waals surface area contributed by atoms with Crippen LogP contribution in [-0.4, -0.2) is 16.1 Å². The number of nitrogen functional groups attached to an aromatic ring is 1. The maximum atomic E-state index is 10.9. The summed E-state index contributed by atoms with van der Waals surface area (Å²) in [6.07, 6.45) is 1.86. The third-order valence-electron chi connectivity index (χ3n) is 3.16. The molecule has 20 heavy (non-hydrogen) atoms. The Bertz CT molecular complexity index is 793. The number of rotatable bonds is 3. The van der Waals surface area contributed by atoms with Gasteiger partial charge in [0.1, 0.15) is 0 Å². The Morgan fingerprint density at radius 1 is 1.15 bits per heavy atom. The van der Waals surface area contributed by atoms with Gasteiger partial charge in [0, 0.05) is 17.1 Å². The molecule has 0 amide bonds. The summed E-state index contributed by atoms with van der Waals surface area (Å²) in [5, 5.41) is 13.2. The maximum absolute atomic E-state index is 10.9. The van der Waals surface area contributed by atoms with Crippen LogP contribution < -0.4 is 11.1 Å². The predicted octanol–water partition coefficient (Wildman–Crippen LogP) is 3.19. The molecule has 0 saturated carbocycles. The number of benzene rings is 2. The van der Waals surface area contributed by atoms with Crippen LogP contribution in [0, 0.1) is 0 Å². The molecule has 0 atom stereocenters. The van der Waals surface area contributed by atoms with Crippen LogP contribution in [0.2, 0.25) is 0 Å². The van der Waals surface area contributed by atoms with E-state index in [9.17, 15) is 4.79 Å². The molecule has 0 radical (unpaired) electrons. The molecule has 0 aliphatic carbocycles. The molecule has 1 aromatic heterocycles. The average Bonchev–Trinajstić information content (AvgIpc) is 2.84. The molecule has 3 aromatic rings. The molecule has 2 aromatic carbocycles. The number of H-pyrrole nitrogens is 1. The number of hydrogen-bond donors (Lipinski definition) is 4. The van der Waals surface area contributed by atoms with Gasteiger partial charge in [-0.05, 0) is 24.3 Å². The van der Waals surface area contributed by atoms with Crippen LogP contribution in [0.4, 0.5) is 17.1 Å². The predicted molar refractivity (Wildman–Crippen MR) is 79.4 cm³/mol. The van der Waals surface area contributed by atoms with Crippen molar-refractivity contribution in [2.75, 3.05) is 11.1 Å². The summed E-state index contributed by atoms with van der Waals surface area (Å²) >= 11 is 0. The number of para-hydroxylation sites is 1. The number of carboxylic acid groups (broad SMARTS) is 1. The zero-order valence-electron chi connectivity index (χ0n) is 10.6. The fourth-order valence-electron chi connectivity index (χ4n) is 2.13. The van der Waals surface area contributed by atoms with Crippen molar-refractivity contribution in [3.05, 3.63) is 54.2 Å². The summed E-state index contributed by atoms with van der Waals surface area (Å²) in [5.41, 5.74) is 9.06. The van der Waals surface area contributed by atoms with Crippen molar-refractivity contribution in [2.24, 2.45) is 0 Å². The number of aromatic amines is 1. The van der Waals surface area contributed by atoms with E-state index in [2.05, 4.69) is 10.3 Å². The van der Waals surface area contributed by atoms with Gasteiger partial charge in [-0.3, -0.25) is 0 Å². The van der Waals surface area contributed by atoms with Crippen molar-refractivity contribution in [1.29, 1.82) is 0 Å². The first kappa shape index (κ1) is 12.1. The zero-order chi connectivity index (χ0) is 14.1. The van der Waals surface area contributed by atoms with Crippen LogP contribution in [-0.2, 0) is 0 Å². The first-order chi connectivity index (χ1) is 9.65. The molecule has 3 rings (SSSR count). The van der Waals surface area contributed by atoms with Crippen LogP contribution in [0.5, 0.6) is 0 Å². The van der Waals surface area contributed by atoms with Gasteiger partial charge in [-0.15, -0.1) is 0 Å². The Kier molecular flexibility index (Phi) is 2.80. The molecule has 0 aliphatic rings. The lowest BCUT2D eigenvalue weighted by molar-refractivity contribution is 0.0697. The van der Waals surface area contributed by atoms with Crippen molar-refractivity contribution in [2.45, 2.75) is 0 Å². The van der Waals surface area contributed by atoms with Crippen molar-refractivity contribution in [1.82, 2.24) is 4.98 Å². The van der Waals surface area contributed by atoms with E-state index >= 15 is 0 Å². The van der Waals surface area contributed by atoms with Gasteiger partial charge in [-0.2, -0.15) is 0 Å². The summed E-state index contributed by atoms with van der Waals surface area (Å²) in [4.78, 5) is 14.0. The molecule has 5 N–H and O–H groups in total. The van der Waals surface area contributed by atoms with E-state index in [-0.39, 0.29) is 5.56 Å². The highest BCUT2D eigenvalue weighted by atomic mass is 16.4. The van der Waals surface area contributed by atoms with Gasteiger partial charge in [0.15, 0.2) is 0 Å². The molecule has 0 saturated heterocycles. The molecular formula is C15H13N3O2. The second-order valence-corrected chi connectivity index (χ2v) is 4.48. The molecule has 100 valence electrons. The first-order valence-corrected chi connectivity index (χ1v) is 6.11. The van der Waals surface area contributed by atoms with Gasteiger partial charge < -0.3 is 21.1 Å². The number of anilines is 3. The maximum Gasteiger partial charge on any atom is 0.335 e. The SMILES string of the molecule is Nc1cc(C(=O)O)ccc1Nc1c[nH]c2ccccc12. The first-order valence-electron chi connectivity index (χ1n) is 6.11. The van der Waals surface area contributed by atoms with Crippen LogP contribution >= 0.6 is 0 Å². The molecule has 5 nitrogen and oxygen atoms in total. The molecule has 0 bridgehead atoms. The second kappa shape index (κ2) is 4.62. The highest BCUT2D eigenvalue weighted by Gasteiger charge is 2.08. The van der Waals surface area contributed by atoms with E-state index in [1.807, 2.05) is 30.5 Å². The number of aromatic nitrogens is 1. The van der Waals surface area contributed by atoms with Crippen molar-refractivity contribution >= 4 is 33.9 Å². The number of fused-ring (bicyclic) bond motifs is 1. The van der Waals surface area contributed by atoms with Crippen LogP contribution in [0.3, 0.4) is 0 Å². The Morgan fingerprint density at radius 3 is 2.70 bits per heavy atom. The van der Waals surface area contributed by atoms with Gasteiger partial charge in [-0.25, -0.2) is 4.79 Å². The van der Waals surface area contributed by atoms with E-state index in [4.69, 9.17) is 10.8 Å². The van der Waals surface area contributed by atoms with E-state index < -0.39 is 5.97 Å². The Balaban J connectivity index is 1.97. The largest absolute Gasteiger partial charge is 0.478 e. The fraction of sp³-hybridized carbons (Fsp3) is 0. The minimum Gasteiger partial charge on any atom is -0.478 e. The molecule has 0 fully saturated rings. The summed E-state index contributed by atoms with van der Waals surface area (Å²) in [6, 6.07) is 12.5. The molecule has 0 spiro atoms. The molecule has 5 heteroatoms. The lowest BCUT2D eigenvalue weighted by Crippen LogP contribution is -2.01. The Labute approximate surface area is 115 Å². The van der Waals surface area contributed by atoms with Crippen molar-refractivity contribution in [3.63, 3.8) is 0 Å². The fourth-order valence-corrected chi connectivity index (χ4v) is 2.13. The Hall–Kier alpha value is -2.95. The normalized spacial score (nSPS) is 10.6. The highest BCUT2D eigenvalue weighted by molar-refractivity contribution is 5.96. The number of aromatic carboxylic acids is 1. The molecular weight excluding hydrogens is 254 g/mol. The van der Waals surface area contributed by atoms with Gasteiger partial charge in [0.05, 0.1) is 22.6 Å². The van der Waals surface area contributed by atoms with Gasteiger partial charge >= 0.3 is 5.97 Å². The molecule has 1 heterocycles. The summed E-state index contributed by atoms with van der Waals surface area (Å²) in [6.45, 7) is 0. The summed E-state index contributed by atoms with van der Waals surface area (Å²) < 4.78 is 0. The third kappa shape index (κ3) is 2.05. The molecule has 0 unspecified atom stereocenters. The molecule has 0 aliphatic heterocycles. The lowest BCUT2D eigenvalue weighted by atomic mass is 10.1. The smallest absolute Gasteiger partial charge is 0.335 e. The lowest BCUT2D eigenvalue weighted by Gasteiger charge is -2.09. The van der Waals surface area contributed by atoms with Crippen molar-refractivity contribution < 1.29 is 9.90 Å². The third-order valence-corrected chi connectivity index (χ3v) is 3.16. The number of nitrogens with two attached hydrogens (primary N) is 1. The standard InChI is InChI=1S/C15H13N3O2/c16-11-7-9(15(19)20)5-6-13(11)18-14-8-17-12-4-2-1-3-10(12)14/h1-8,17-18H,16H2,(H,19,20). The highest BCUT2D eigenvalue weighted by Crippen LogP contribution is 2.29. The topological polar surface area (TPSA) is 91.1 Å². The summed E-state index contributed by atoms with van der Waals surface area (Å²) in [7, 11) is 0. The van der Waals surface area contributed by atoms with Crippen LogP contribution in [0.15, 0.2) is 48.7 Å². The van der Waals surface area contributed by atoms with E-state index in [1.54, 1.807) is 6.07 Å². The number of carboxylic acids is 1. The second-order valence-electron chi connectivity index (χ2n) is 4.48. The minimum absolute atomic E-state index is 0.173. The van der Waals surface area contributed by atoms with Gasteiger partial charge in [0.2, 0.25) is 0 Å². The number of carbonyl (C=O) groups is 1. The van der Waals surface area contributed by atoms with Gasteiger partial charge in [-0.1, -0.05) is 18.2 Å². The van der Waals surface area contributed by atoms with Gasteiger partial charge in [0.25, 0.3) is 0 Å². The van der Waals surface area contributed by atoms with Crippen LogP contribution in [0.25, 0.3) is 10.9 Å². The summed E-state index contributed by atoms with van der Waals surface area (Å²) in [5.74, 6) is -0.990. The van der Waals surface area contributed by atoms with E-state index in [1.165, 1.54) is 12.1 Å². The van der Waals surface area contributed by atoms with Crippen molar-refractivity contribution in [3.8, 4) is 0 Å². The monoisotopic (exact) mass is 267 g/mol. The van der Waals surface area contributed by atoms with Crippen LogP contribution in [0.1, 0.15) is 10.4 Å².